The molecule has 3 rings (SSSR count). The van der Waals surface area contributed by atoms with Gasteiger partial charge in [0.2, 0.25) is 5.91 Å². The minimum Gasteiger partial charge on any atom is -0.352 e. The third-order valence-corrected chi connectivity index (χ3v) is 5.67. The van der Waals surface area contributed by atoms with Crippen molar-refractivity contribution in [3.8, 4) is 0 Å². The first kappa shape index (κ1) is 23.1. The molecule has 11 heteroatoms. The number of hydrogen-bond donors (Lipinski definition) is 1. The number of benzene rings is 1. The molecule has 0 atom stereocenters. The fraction of sp³-hybridized carbons (Fsp3) is 0.389. The summed E-state index contributed by atoms with van der Waals surface area (Å²) in [6.07, 6.45) is 4.69. The summed E-state index contributed by atoms with van der Waals surface area (Å²) in [6, 6.07) is 6.71. The van der Waals surface area contributed by atoms with Crippen LogP contribution in [0.2, 0.25) is 0 Å². The van der Waals surface area contributed by atoms with E-state index in [4.69, 9.17) is 0 Å². The fourth-order valence-electron chi connectivity index (χ4n) is 3.04. The van der Waals surface area contributed by atoms with Gasteiger partial charge in [0.25, 0.3) is 0 Å². The van der Waals surface area contributed by atoms with Gasteiger partial charge < -0.3 is 15.1 Å². The molecule has 1 aromatic carbocycles. The van der Waals surface area contributed by atoms with E-state index in [9.17, 15) is 13.2 Å². The molecule has 2 aromatic rings. The molecule has 1 fully saturated rings. The van der Waals surface area contributed by atoms with E-state index < -0.39 is 9.84 Å². The van der Waals surface area contributed by atoms with Gasteiger partial charge in [0.15, 0.2) is 15.8 Å². The summed E-state index contributed by atoms with van der Waals surface area (Å²) in [5.74, 6) is 0.617. The average molecular weight is 532 g/mol. The van der Waals surface area contributed by atoms with Gasteiger partial charge in [-0.05, 0) is 17.7 Å². The smallest absolute Gasteiger partial charge is 0.246 e. The van der Waals surface area contributed by atoms with E-state index >= 15 is 0 Å². The zero-order chi connectivity index (χ0) is 20.3. The number of rotatable bonds is 4. The Bertz CT molecular complexity index is 987. The van der Waals surface area contributed by atoms with Crippen molar-refractivity contribution in [2.24, 2.45) is 12.0 Å². The van der Waals surface area contributed by atoms with Crippen molar-refractivity contribution < 1.29 is 13.2 Å². The Morgan fingerprint density at radius 1 is 1.24 bits per heavy atom. The van der Waals surface area contributed by atoms with Gasteiger partial charge in [-0.15, -0.1) is 24.0 Å². The molecule has 158 valence electrons. The third-order valence-electron chi connectivity index (χ3n) is 4.54. The predicted molar refractivity (Wildman–Crippen MR) is 122 cm³/mol. The van der Waals surface area contributed by atoms with Crippen LogP contribution in [-0.2, 0) is 28.2 Å². The molecule has 0 radical (unpaired) electrons. The lowest BCUT2D eigenvalue weighted by Crippen LogP contribution is -2.55. The highest BCUT2D eigenvalue weighted by molar-refractivity contribution is 14.0. The topological polar surface area (TPSA) is 99.9 Å². The fourth-order valence-corrected chi connectivity index (χ4v) is 3.67. The van der Waals surface area contributed by atoms with Gasteiger partial charge in [0.05, 0.1) is 16.8 Å². The number of piperazine rings is 1. The van der Waals surface area contributed by atoms with E-state index in [2.05, 4.69) is 15.4 Å². The van der Waals surface area contributed by atoms with Crippen LogP contribution in [0.25, 0.3) is 0 Å². The Morgan fingerprint density at radius 2 is 1.93 bits per heavy atom. The molecule has 0 unspecified atom stereocenters. The summed E-state index contributed by atoms with van der Waals surface area (Å²) < 4.78 is 24.8. The summed E-state index contributed by atoms with van der Waals surface area (Å²) in [6.45, 7) is 1.90. The largest absolute Gasteiger partial charge is 0.352 e. The van der Waals surface area contributed by atoms with E-state index in [0.717, 1.165) is 11.3 Å². The number of carbonyl (C=O) groups excluding carboxylic acids is 1. The van der Waals surface area contributed by atoms with Crippen LogP contribution in [0.15, 0.2) is 46.5 Å². The molecule has 1 saturated heterocycles. The zero-order valence-corrected chi connectivity index (χ0v) is 19.7. The van der Waals surface area contributed by atoms with Crippen molar-refractivity contribution in [3.05, 3.63) is 42.2 Å². The van der Waals surface area contributed by atoms with Crippen molar-refractivity contribution in [1.82, 2.24) is 20.0 Å². The Labute approximate surface area is 187 Å². The Balaban J connectivity index is 0.00000300. The van der Waals surface area contributed by atoms with Crippen LogP contribution >= 0.6 is 24.0 Å². The van der Waals surface area contributed by atoms with Gasteiger partial charge in [0.1, 0.15) is 6.54 Å². The second-order valence-corrected chi connectivity index (χ2v) is 8.67. The maximum Gasteiger partial charge on any atom is 0.246 e. The molecule has 1 aromatic heterocycles. The normalized spacial score (nSPS) is 15.3. The van der Waals surface area contributed by atoms with E-state index in [0.29, 0.717) is 25.6 Å². The number of amides is 1. The maximum absolute atomic E-state index is 12.5. The van der Waals surface area contributed by atoms with E-state index in [1.807, 2.05) is 18.1 Å². The molecule has 1 aliphatic heterocycles. The van der Waals surface area contributed by atoms with Gasteiger partial charge >= 0.3 is 0 Å². The minimum atomic E-state index is -3.21. The van der Waals surface area contributed by atoms with Crippen LogP contribution in [-0.4, -0.2) is 67.9 Å². The maximum atomic E-state index is 12.5. The lowest BCUT2D eigenvalue weighted by Gasteiger charge is -2.35. The number of aliphatic imine (C=N–C) groups is 1. The SMILES string of the molecule is CN=C(NCc1ccc(S(C)(=O)=O)cc1)N1CCN(c2cnn(C)c2)C(=O)C1.I. The minimum absolute atomic E-state index is 0. The summed E-state index contributed by atoms with van der Waals surface area (Å²) in [5, 5.41) is 7.35. The molecule has 29 heavy (non-hydrogen) atoms. The van der Waals surface area contributed by atoms with Crippen LogP contribution in [0.3, 0.4) is 0 Å². The molecule has 0 saturated carbocycles. The van der Waals surface area contributed by atoms with E-state index in [1.54, 1.807) is 47.1 Å². The highest BCUT2D eigenvalue weighted by Gasteiger charge is 2.27. The van der Waals surface area contributed by atoms with Crippen molar-refractivity contribution in [2.75, 3.05) is 37.8 Å². The van der Waals surface area contributed by atoms with Crippen LogP contribution in [0.1, 0.15) is 5.56 Å². The first-order valence-corrected chi connectivity index (χ1v) is 10.7. The number of aryl methyl sites for hydroxylation is 1. The summed E-state index contributed by atoms with van der Waals surface area (Å²) in [4.78, 5) is 20.7. The number of carbonyl (C=O) groups is 1. The Morgan fingerprint density at radius 3 is 2.45 bits per heavy atom. The van der Waals surface area contributed by atoms with E-state index in [-0.39, 0.29) is 41.3 Å². The predicted octanol–water partition coefficient (Wildman–Crippen LogP) is 0.866. The molecular formula is C18H25IN6O3S. The molecule has 0 bridgehead atoms. The van der Waals surface area contributed by atoms with Gasteiger partial charge in [-0.3, -0.25) is 14.5 Å². The van der Waals surface area contributed by atoms with Gasteiger partial charge in [-0.25, -0.2) is 8.42 Å². The number of anilines is 1. The lowest BCUT2D eigenvalue weighted by molar-refractivity contribution is -0.120. The number of aromatic nitrogens is 2. The summed E-state index contributed by atoms with van der Waals surface area (Å²) in [7, 11) is 0.286. The van der Waals surface area contributed by atoms with Crippen LogP contribution in [0.4, 0.5) is 5.69 Å². The Kier molecular flexibility index (Phi) is 7.63. The molecule has 1 aliphatic rings. The molecule has 1 N–H and O–H groups in total. The second-order valence-electron chi connectivity index (χ2n) is 6.66. The molecule has 1 amide bonds. The monoisotopic (exact) mass is 532 g/mol. The number of hydrogen-bond acceptors (Lipinski definition) is 5. The number of sulfone groups is 1. The number of nitrogens with one attached hydrogen (secondary N) is 1. The number of halogens is 1. The quantitative estimate of drug-likeness (QED) is 0.357. The Hall–Kier alpha value is -2.15. The van der Waals surface area contributed by atoms with Gasteiger partial charge in [-0.1, -0.05) is 12.1 Å². The van der Waals surface area contributed by atoms with Crippen LogP contribution in [0.5, 0.6) is 0 Å². The van der Waals surface area contributed by atoms with Gasteiger partial charge in [0, 0.05) is 46.2 Å². The highest BCUT2D eigenvalue weighted by atomic mass is 127. The molecule has 0 aliphatic carbocycles. The average Bonchev–Trinajstić information content (AvgIpc) is 3.08. The second kappa shape index (κ2) is 9.57. The molecule has 2 heterocycles. The van der Waals surface area contributed by atoms with Crippen molar-refractivity contribution in [2.45, 2.75) is 11.4 Å². The third kappa shape index (κ3) is 5.69. The number of guanidine groups is 1. The first-order chi connectivity index (χ1) is 13.3. The van der Waals surface area contributed by atoms with Crippen LogP contribution < -0.4 is 10.2 Å². The van der Waals surface area contributed by atoms with E-state index in [1.165, 1.54) is 6.26 Å². The lowest BCUT2D eigenvalue weighted by atomic mass is 10.2. The van der Waals surface area contributed by atoms with Crippen molar-refractivity contribution >= 4 is 51.4 Å². The van der Waals surface area contributed by atoms with Crippen LogP contribution in [0, 0.1) is 0 Å². The first-order valence-electron chi connectivity index (χ1n) is 8.81. The van der Waals surface area contributed by atoms with Gasteiger partial charge in [-0.2, -0.15) is 5.10 Å². The highest BCUT2D eigenvalue weighted by Crippen LogP contribution is 2.16. The summed E-state index contributed by atoms with van der Waals surface area (Å²) in [5.41, 5.74) is 1.72. The summed E-state index contributed by atoms with van der Waals surface area (Å²) >= 11 is 0. The molecular weight excluding hydrogens is 507 g/mol. The van der Waals surface area contributed by atoms with Crippen molar-refractivity contribution in [1.29, 1.82) is 0 Å². The number of nitrogens with zero attached hydrogens (tertiary/aromatic N) is 5. The van der Waals surface area contributed by atoms with Crippen molar-refractivity contribution in [3.63, 3.8) is 0 Å². The zero-order valence-electron chi connectivity index (χ0n) is 16.6. The molecule has 9 nitrogen and oxygen atoms in total. The molecule has 0 spiro atoms. The standard InChI is InChI=1S/C18H24N6O3S.HI/c1-19-18(20-10-14-4-6-16(7-5-14)28(3,26)27)23-8-9-24(17(25)13-23)15-11-21-22(2)12-15;/h4-7,11-12H,8-10,13H2,1-3H3,(H,19,20);1H.